The molecule has 0 saturated carbocycles. The summed E-state index contributed by atoms with van der Waals surface area (Å²) in [5.41, 5.74) is 4.08. The average molecular weight is 232 g/mol. The monoisotopic (exact) mass is 232 g/mol. The fraction of sp³-hybridized carbons (Fsp3) is 0.500. The van der Waals surface area contributed by atoms with Gasteiger partial charge in [-0.15, -0.1) is 0 Å². The third-order valence-corrected chi connectivity index (χ3v) is 3.34. The number of hydrogen-bond donors (Lipinski definition) is 0. The molecule has 0 amide bonds. The summed E-state index contributed by atoms with van der Waals surface area (Å²) in [4.78, 5) is 0. The molecule has 1 rings (SSSR count). The molecule has 1 aromatic carbocycles. The van der Waals surface area contributed by atoms with Gasteiger partial charge >= 0.3 is 0 Å². The van der Waals surface area contributed by atoms with Gasteiger partial charge in [-0.05, 0) is 62.8 Å². The first-order chi connectivity index (χ1) is 8.11. The maximum absolute atomic E-state index is 5.62. The highest BCUT2D eigenvalue weighted by Crippen LogP contribution is 2.30. The second kappa shape index (κ2) is 6.48. The van der Waals surface area contributed by atoms with Gasteiger partial charge in [0.2, 0.25) is 0 Å². The Balaban J connectivity index is 2.99. The molecule has 0 aromatic heterocycles. The molecule has 0 aliphatic heterocycles. The molecule has 1 atom stereocenters. The maximum Gasteiger partial charge on any atom is 0.122 e. The van der Waals surface area contributed by atoms with Gasteiger partial charge in [0.25, 0.3) is 0 Å². The van der Waals surface area contributed by atoms with Gasteiger partial charge in [0.05, 0.1) is 6.61 Å². The summed E-state index contributed by atoms with van der Waals surface area (Å²) in [6.07, 6.45) is 5.45. The van der Waals surface area contributed by atoms with Gasteiger partial charge in [0.1, 0.15) is 5.75 Å². The van der Waals surface area contributed by atoms with Gasteiger partial charge in [-0.3, -0.25) is 0 Å². The molecule has 0 aliphatic rings. The molecule has 1 heteroatoms. The minimum Gasteiger partial charge on any atom is -0.494 e. The quantitative estimate of drug-likeness (QED) is 0.664. The summed E-state index contributed by atoms with van der Waals surface area (Å²) in [7, 11) is 0. The number of benzene rings is 1. The summed E-state index contributed by atoms with van der Waals surface area (Å²) < 4.78 is 5.62. The van der Waals surface area contributed by atoms with E-state index in [0.717, 1.165) is 18.8 Å². The fourth-order valence-corrected chi connectivity index (χ4v) is 2.13. The minimum absolute atomic E-state index is 0.570. The van der Waals surface area contributed by atoms with Crippen molar-refractivity contribution in [2.24, 2.45) is 0 Å². The Labute approximate surface area is 106 Å². The molecule has 0 radical (unpaired) electrons. The van der Waals surface area contributed by atoms with Gasteiger partial charge < -0.3 is 4.74 Å². The predicted octanol–water partition coefficient (Wildman–Crippen LogP) is 4.77. The van der Waals surface area contributed by atoms with Crippen LogP contribution < -0.4 is 4.74 Å². The van der Waals surface area contributed by atoms with Crippen molar-refractivity contribution < 1.29 is 4.74 Å². The first-order valence-corrected chi connectivity index (χ1v) is 6.45. The lowest BCUT2D eigenvalue weighted by molar-refractivity contribution is 0.337. The van der Waals surface area contributed by atoms with Crippen LogP contribution in [-0.2, 0) is 0 Å². The molecule has 1 unspecified atom stereocenters. The van der Waals surface area contributed by atoms with Gasteiger partial charge in [0.15, 0.2) is 0 Å². The number of allylic oxidation sites excluding steroid dienone is 2. The highest BCUT2D eigenvalue weighted by Gasteiger charge is 2.11. The van der Waals surface area contributed by atoms with E-state index in [1.165, 1.54) is 16.7 Å². The standard InChI is InChI=1S/C16H24O/c1-6-8-9-12(3)15-10-11-16(17-7-2)14(5)13(15)4/h6,8,10-12H,7,9H2,1-5H3/b8-6-. The SMILES string of the molecule is C/C=C\CC(C)c1ccc(OCC)c(C)c1C. The van der Waals surface area contributed by atoms with Crippen molar-refractivity contribution in [3.63, 3.8) is 0 Å². The largest absolute Gasteiger partial charge is 0.494 e. The summed E-state index contributed by atoms with van der Waals surface area (Å²) >= 11 is 0. The Morgan fingerprint density at radius 3 is 2.53 bits per heavy atom. The third-order valence-electron chi connectivity index (χ3n) is 3.34. The second-order valence-corrected chi connectivity index (χ2v) is 4.54. The van der Waals surface area contributed by atoms with Crippen molar-refractivity contribution in [2.75, 3.05) is 6.61 Å². The van der Waals surface area contributed by atoms with Crippen LogP contribution in [0.25, 0.3) is 0 Å². The Morgan fingerprint density at radius 1 is 1.24 bits per heavy atom. The minimum atomic E-state index is 0.570. The number of rotatable bonds is 5. The lowest BCUT2D eigenvalue weighted by Crippen LogP contribution is -2.01. The van der Waals surface area contributed by atoms with Crippen LogP contribution in [0.3, 0.4) is 0 Å². The zero-order valence-corrected chi connectivity index (χ0v) is 11.7. The molecule has 0 saturated heterocycles. The first kappa shape index (κ1) is 13.8. The normalized spacial score (nSPS) is 13.0. The van der Waals surface area contributed by atoms with E-state index < -0.39 is 0 Å². The van der Waals surface area contributed by atoms with Crippen LogP contribution in [0.1, 0.15) is 49.8 Å². The van der Waals surface area contributed by atoms with Crippen molar-refractivity contribution in [3.8, 4) is 5.75 Å². The molecular formula is C16H24O. The van der Waals surface area contributed by atoms with Gasteiger partial charge in [-0.25, -0.2) is 0 Å². The van der Waals surface area contributed by atoms with Gasteiger partial charge in [0, 0.05) is 0 Å². The fourth-order valence-electron chi connectivity index (χ4n) is 2.13. The zero-order chi connectivity index (χ0) is 12.8. The van der Waals surface area contributed by atoms with Crippen LogP contribution in [0.2, 0.25) is 0 Å². The first-order valence-electron chi connectivity index (χ1n) is 6.45. The van der Waals surface area contributed by atoms with E-state index >= 15 is 0 Å². The van der Waals surface area contributed by atoms with E-state index in [1.54, 1.807) is 0 Å². The van der Waals surface area contributed by atoms with Crippen molar-refractivity contribution in [1.29, 1.82) is 0 Å². The van der Waals surface area contributed by atoms with E-state index in [1.807, 2.05) is 6.92 Å². The molecule has 1 nitrogen and oxygen atoms in total. The lowest BCUT2D eigenvalue weighted by atomic mass is 9.91. The number of ether oxygens (including phenoxy) is 1. The van der Waals surface area contributed by atoms with Crippen molar-refractivity contribution in [2.45, 2.75) is 47.0 Å². The Hall–Kier alpha value is -1.24. The van der Waals surface area contributed by atoms with Crippen LogP contribution in [0.4, 0.5) is 0 Å². The molecule has 0 bridgehead atoms. The number of hydrogen-bond acceptors (Lipinski definition) is 1. The lowest BCUT2D eigenvalue weighted by Gasteiger charge is -2.17. The van der Waals surface area contributed by atoms with E-state index in [4.69, 9.17) is 4.74 Å². The third kappa shape index (κ3) is 3.36. The van der Waals surface area contributed by atoms with Crippen LogP contribution in [0.5, 0.6) is 5.75 Å². The Morgan fingerprint density at radius 2 is 1.94 bits per heavy atom. The average Bonchev–Trinajstić information content (AvgIpc) is 2.32. The van der Waals surface area contributed by atoms with E-state index in [9.17, 15) is 0 Å². The maximum atomic E-state index is 5.62. The summed E-state index contributed by atoms with van der Waals surface area (Å²) in [5.74, 6) is 1.59. The second-order valence-electron chi connectivity index (χ2n) is 4.54. The molecule has 1 aromatic rings. The van der Waals surface area contributed by atoms with Gasteiger partial charge in [-0.1, -0.05) is 25.1 Å². The highest BCUT2D eigenvalue weighted by molar-refractivity contribution is 5.45. The Bertz CT molecular complexity index is 391. The molecule has 0 N–H and O–H groups in total. The molecule has 0 heterocycles. The van der Waals surface area contributed by atoms with Crippen molar-refractivity contribution in [1.82, 2.24) is 0 Å². The summed E-state index contributed by atoms with van der Waals surface area (Å²) in [6, 6.07) is 4.31. The molecule has 0 fully saturated rings. The van der Waals surface area contributed by atoms with Crippen molar-refractivity contribution in [3.05, 3.63) is 41.0 Å². The summed E-state index contributed by atoms with van der Waals surface area (Å²) in [6.45, 7) is 11.4. The zero-order valence-electron chi connectivity index (χ0n) is 11.7. The molecule has 17 heavy (non-hydrogen) atoms. The van der Waals surface area contributed by atoms with E-state index in [2.05, 4.69) is 52.0 Å². The molecule has 0 spiro atoms. The van der Waals surface area contributed by atoms with E-state index in [-0.39, 0.29) is 0 Å². The van der Waals surface area contributed by atoms with Crippen LogP contribution in [0.15, 0.2) is 24.3 Å². The highest BCUT2D eigenvalue weighted by atomic mass is 16.5. The van der Waals surface area contributed by atoms with Crippen LogP contribution in [0, 0.1) is 13.8 Å². The molecule has 0 aliphatic carbocycles. The molecule has 94 valence electrons. The summed E-state index contributed by atoms with van der Waals surface area (Å²) in [5, 5.41) is 0. The molecular weight excluding hydrogens is 208 g/mol. The van der Waals surface area contributed by atoms with E-state index in [0.29, 0.717) is 5.92 Å². The van der Waals surface area contributed by atoms with Gasteiger partial charge in [-0.2, -0.15) is 0 Å². The van der Waals surface area contributed by atoms with Crippen LogP contribution >= 0.6 is 0 Å². The Kier molecular flexibility index (Phi) is 5.27. The smallest absolute Gasteiger partial charge is 0.122 e. The predicted molar refractivity (Wildman–Crippen MR) is 74.9 cm³/mol. The topological polar surface area (TPSA) is 9.23 Å². The van der Waals surface area contributed by atoms with Crippen LogP contribution in [-0.4, -0.2) is 6.61 Å². The van der Waals surface area contributed by atoms with Crippen molar-refractivity contribution >= 4 is 0 Å².